The van der Waals surface area contributed by atoms with Gasteiger partial charge in [-0.05, 0) is 49.4 Å². The Morgan fingerprint density at radius 2 is 1.31 bits per heavy atom. The van der Waals surface area contributed by atoms with E-state index >= 15 is 0 Å². The van der Waals surface area contributed by atoms with Crippen LogP contribution in [0.2, 0.25) is 0 Å². The highest BCUT2D eigenvalue weighted by Gasteiger charge is 2.19. The maximum absolute atomic E-state index is 12.0. The summed E-state index contributed by atoms with van der Waals surface area (Å²) in [5.41, 5.74) is 0.161. The molecule has 0 unspecified atom stereocenters. The van der Waals surface area contributed by atoms with Gasteiger partial charge in [-0.25, -0.2) is 0 Å². The normalized spacial score (nSPS) is 12.0. The molecular formula is C21H38O5. The molecule has 0 bridgehead atoms. The number of ether oxygens (including phenoxy) is 1. The minimum absolute atomic E-state index is 0.0284. The molecule has 0 aromatic heterocycles. The predicted octanol–water partition coefficient (Wildman–Crippen LogP) is 5.16. The van der Waals surface area contributed by atoms with Gasteiger partial charge in [-0.15, -0.1) is 0 Å². The van der Waals surface area contributed by atoms with E-state index in [0.29, 0.717) is 38.1 Å². The smallest absolute Gasteiger partial charge is 0.303 e. The first-order chi connectivity index (χ1) is 12.1. The molecule has 152 valence electrons. The van der Waals surface area contributed by atoms with Gasteiger partial charge in [0, 0.05) is 19.3 Å². The summed E-state index contributed by atoms with van der Waals surface area (Å²) in [5.74, 6) is -0.414. The summed E-state index contributed by atoms with van der Waals surface area (Å²) in [6.07, 6.45) is 8.81. The van der Waals surface area contributed by atoms with Gasteiger partial charge in [0.1, 0.15) is 5.78 Å². The van der Waals surface area contributed by atoms with Crippen molar-refractivity contribution in [1.29, 1.82) is 0 Å². The van der Waals surface area contributed by atoms with Crippen LogP contribution in [0, 0.1) is 10.8 Å². The minimum atomic E-state index is -0.743. The summed E-state index contributed by atoms with van der Waals surface area (Å²) in [6, 6.07) is 0. The third kappa shape index (κ3) is 14.9. The zero-order valence-electron chi connectivity index (χ0n) is 17.1. The number of carboxylic acid groups (broad SMARTS) is 1. The molecule has 0 aliphatic heterocycles. The highest BCUT2D eigenvalue weighted by atomic mass is 16.5. The number of carbonyl (C=O) groups excluding carboxylic acids is 2. The van der Waals surface area contributed by atoms with Gasteiger partial charge in [-0.1, -0.05) is 40.5 Å². The third-order valence-electron chi connectivity index (χ3n) is 5.10. The second-order valence-corrected chi connectivity index (χ2v) is 8.89. The first-order valence-electron chi connectivity index (χ1n) is 9.87. The van der Waals surface area contributed by atoms with E-state index in [1.54, 1.807) is 0 Å². The van der Waals surface area contributed by atoms with E-state index < -0.39 is 5.97 Å². The molecule has 0 aromatic rings. The van der Waals surface area contributed by atoms with Crippen molar-refractivity contribution in [3.05, 3.63) is 0 Å². The van der Waals surface area contributed by atoms with Gasteiger partial charge in [0.15, 0.2) is 0 Å². The molecule has 0 spiro atoms. The summed E-state index contributed by atoms with van der Waals surface area (Å²) in [6.45, 7) is 9.46. The second kappa shape index (κ2) is 12.9. The zero-order chi connectivity index (χ0) is 20.1. The molecule has 5 nitrogen and oxygen atoms in total. The predicted molar refractivity (Wildman–Crippen MR) is 103 cm³/mol. The molecule has 0 aromatic carbocycles. The lowest BCUT2D eigenvalue weighted by atomic mass is 9.82. The summed E-state index contributed by atoms with van der Waals surface area (Å²) in [5, 5.41) is 8.76. The average molecular weight is 371 g/mol. The van der Waals surface area contributed by atoms with E-state index in [9.17, 15) is 14.4 Å². The standard InChI is InChI=1S/C21H38O5/c1-20(2,14-11-19(24)25)12-7-5-9-18(23)10-6-8-13-21(3,4)15-16-26-17-22/h17H,5-16H2,1-4H3,(H,24,25). The number of carboxylic acids is 1. The van der Waals surface area contributed by atoms with Gasteiger partial charge in [-0.2, -0.15) is 0 Å². The van der Waals surface area contributed by atoms with Crippen LogP contribution in [-0.2, 0) is 19.1 Å². The number of hydrogen-bond donors (Lipinski definition) is 1. The first-order valence-corrected chi connectivity index (χ1v) is 9.87. The number of hydrogen-bond acceptors (Lipinski definition) is 4. The molecule has 0 fully saturated rings. The van der Waals surface area contributed by atoms with E-state index in [1.165, 1.54) is 0 Å². The maximum Gasteiger partial charge on any atom is 0.303 e. The largest absolute Gasteiger partial charge is 0.481 e. The van der Waals surface area contributed by atoms with Gasteiger partial charge >= 0.3 is 5.97 Å². The Morgan fingerprint density at radius 1 is 0.808 bits per heavy atom. The average Bonchev–Trinajstić information content (AvgIpc) is 2.54. The van der Waals surface area contributed by atoms with Crippen LogP contribution in [0.15, 0.2) is 0 Å². The molecule has 0 rings (SSSR count). The summed E-state index contributed by atoms with van der Waals surface area (Å²) < 4.78 is 4.76. The fourth-order valence-corrected chi connectivity index (χ4v) is 3.06. The van der Waals surface area contributed by atoms with Crippen LogP contribution in [-0.4, -0.2) is 29.9 Å². The highest BCUT2D eigenvalue weighted by Crippen LogP contribution is 2.30. The molecule has 0 saturated carbocycles. The van der Waals surface area contributed by atoms with Crippen molar-refractivity contribution in [3.63, 3.8) is 0 Å². The number of carbonyl (C=O) groups is 3. The Balaban J connectivity index is 3.74. The molecule has 0 radical (unpaired) electrons. The van der Waals surface area contributed by atoms with E-state index in [-0.39, 0.29) is 17.3 Å². The van der Waals surface area contributed by atoms with Gasteiger partial charge in [0.05, 0.1) is 6.61 Å². The minimum Gasteiger partial charge on any atom is -0.481 e. The molecule has 0 saturated heterocycles. The van der Waals surface area contributed by atoms with Crippen LogP contribution in [0.5, 0.6) is 0 Å². The van der Waals surface area contributed by atoms with Crippen LogP contribution < -0.4 is 0 Å². The van der Waals surface area contributed by atoms with Crippen LogP contribution in [0.1, 0.15) is 98.3 Å². The molecule has 26 heavy (non-hydrogen) atoms. The number of ketones is 1. The molecule has 0 atom stereocenters. The second-order valence-electron chi connectivity index (χ2n) is 8.89. The van der Waals surface area contributed by atoms with Crippen LogP contribution in [0.3, 0.4) is 0 Å². The summed E-state index contributed by atoms with van der Waals surface area (Å²) in [4.78, 5) is 32.8. The van der Waals surface area contributed by atoms with Crippen molar-refractivity contribution < 1.29 is 24.2 Å². The lowest BCUT2D eigenvalue weighted by Crippen LogP contribution is -2.14. The lowest BCUT2D eigenvalue weighted by molar-refractivity contribution is -0.137. The Bertz CT molecular complexity index is 426. The van der Waals surface area contributed by atoms with Crippen molar-refractivity contribution >= 4 is 18.2 Å². The van der Waals surface area contributed by atoms with Crippen molar-refractivity contribution in [2.75, 3.05) is 6.61 Å². The Hall–Kier alpha value is -1.39. The molecule has 1 N–H and O–H groups in total. The first kappa shape index (κ1) is 24.6. The lowest BCUT2D eigenvalue weighted by Gasteiger charge is -2.24. The zero-order valence-corrected chi connectivity index (χ0v) is 17.1. The molecule has 0 amide bonds. The van der Waals surface area contributed by atoms with Gasteiger partial charge < -0.3 is 9.84 Å². The number of Topliss-reactive ketones (excluding diaryl/α,β-unsaturated/α-hetero) is 1. The van der Waals surface area contributed by atoms with Gasteiger partial charge in [0.25, 0.3) is 6.47 Å². The maximum atomic E-state index is 12.0. The van der Waals surface area contributed by atoms with Crippen LogP contribution >= 0.6 is 0 Å². The SMILES string of the molecule is CC(C)(CCCCC(=O)CCCCC(C)(C)CCC(=O)O)CCOC=O. The van der Waals surface area contributed by atoms with E-state index in [2.05, 4.69) is 27.7 Å². The highest BCUT2D eigenvalue weighted by molar-refractivity contribution is 5.78. The molecule has 5 heteroatoms. The van der Waals surface area contributed by atoms with Crippen LogP contribution in [0.25, 0.3) is 0 Å². The van der Waals surface area contributed by atoms with Crippen LogP contribution in [0.4, 0.5) is 0 Å². The molecular weight excluding hydrogens is 332 g/mol. The number of aliphatic carboxylic acids is 1. The van der Waals surface area contributed by atoms with E-state index in [1.807, 2.05) is 0 Å². The molecule has 0 aliphatic carbocycles. The number of rotatable bonds is 17. The molecule has 0 aliphatic rings. The monoisotopic (exact) mass is 370 g/mol. The molecule has 0 heterocycles. The van der Waals surface area contributed by atoms with Crippen molar-refractivity contribution in [3.8, 4) is 0 Å². The Kier molecular flexibility index (Phi) is 12.2. The van der Waals surface area contributed by atoms with Crippen molar-refractivity contribution in [2.24, 2.45) is 10.8 Å². The van der Waals surface area contributed by atoms with E-state index in [4.69, 9.17) is 9.84 Å². The summed E-state index contributed by atoms with van der Waals surface area (Å²) >= 11 is 0. The quantitative estimate of drug-likeness (QED) is 0.283. The Labute approximate surface area is 158 Å². The fraction of sp³-hybridized carbons (Fsp3) is 0.857. The van der Waals surface area contributed by atoms with Gasteiger partial charge in [-0.3, -0.25) is 14.4 Å². The Morgan fingerprint density at radius 3 is 1.77 bits per heavy atom. The topological polar surface area (TPSA) is 80.7 Å². The van der Waals surface area contributed by atoms with Crippen molar-refractivity contribution in [2.45, 2.75) is 98.3 Å². The fourth-order valence-electron chi connectivity index (χ4n) is 3.06. The summed E-state index contributed by atoms with van der Waals surface area (Å²) in [7, 11) is 0. The van der Waals surface area contributed by atoms with Gasteiger partial charge in [0.2, 0.25) is 0 Å². The third-order valence-corrected chi connectivity index (χ3v) is 5.10. The van der Waals surface area contributed by atoms with Crippen molar-refractivity contribution in [1.82, 2.24) is 0 Å². The van der Waals surface area contributed by atoms with E-state index in [0.717, 1.165) is 44.9 Å². The number of unbranched alkanes of at least 4 members (excludes halogenated alkanes) is 2.